The predicted octanol–water partition coefficient (Wildman–Crippen LogP) is 4.61. The van der Waals surface area contributed by atoms with Crippen molar-refractivity contribution in [3.8, 4) is 11.5 Å². The average Bonchev–Trinajstić information content (AvgIpc) is 2.86. The van der Waals surface area contributed by atoms with Gasteiger partial charge in [0, 0.05) is 6.07 Å². The van der Waals surface area contributed by atoms with Crippen molar-refractivity contribution < 1.29 is 27.1 Å². The van der Waals surface area contributed by atoms with Crippen LogP contribution in [-0.2, 0) is 14.8 Å². The number of hydrogen-bond donors (Lipinski definition) is 1. The van der Waals surface area contributed by atoms with Gasteiger partial charge < -0.3 is 14.8 Å². The molecule has 3 aromatic carbocycles. The lowest BCUT2D eigenvalue weighted by Crippen LogP contribution is -2.42. The molecule has 0 heterocycles. The van der Waals surface area contributed by atoms with Gasteiger partial charge in [-0.15, -0.1) is 0 Å². The predicted molar refractivity (Wildman–Crippen MR) is 133 cm³/mol. The van der Waals surface area contributed by atoms with Crippen molar-refractivity contribution in [3.63, 3.8) is 0 Å². The first-order chi connectivity index (χ1) is 16.7. The molecule has 1 amide bonds. The van der Waals surface area contributed by atoms with Gasteiger partial charge in [0.25, 0.3) is 10.0 Å². The summed E-state index contributed by atoms with van der Waals surface area (Å²) in [7, 11) is -1.38. The van der Waals surface area contributed by atoms with Gasteiger partial charge in [-0.1, -0.05) is 36.8 Å². The van der Waals surface area contributed by atoms with Crippen LogP contribution in [0.3, 0.4) is 0 Å². The van der Waals surface area contributed by atoms with Crippen molar-refractivity contribution in [1.82, 2.24) is 5.32 Å². The summed E-state index contributed by atoms with van der Waals surface area (Å²) in [5, 5.41) is 2.91. The number of rotatable bonds is 10. The van der Waals surface area contributed by atoms with Crippen LogP contribution in [0.15, 0.2) is 71.6 Å². The number of nitrogens with zero attached hydrogens (tertiary/aromatic N) is 1. The van der Waals surface area contributed by atoms with Crippen LogP contribution in [-0.4, -0.2) is 35.1 Å². The molecular weight excluding hydrogens is 471 g/mol. The van der Waals surface area contributed by atoms with Crippen LogP contribution >= 0.6 is 0 Å². The fourth-order valence-corrected chi connectivity index (χ4v) is 5.05. The molecule has 0 unspecified atom stereocenters. The molecule has 0 saturated carbocycles. The monoisotopic (exact) mass is 500 g/mol. The van der Waals surface area contributed by atoms with E-state index in [9.17, 15) is 17.6 Å². The second-order valence-corrected chi connectivity index (χ2v) is 9.81. The van der Waals surface area contributed by atoms with Crippen LogP contribution in [0.25, 0.3) is 0 Å². The standard InChI is InChI=1S/C26H29FN2O5S/c1-5-23(19-8-6-18(2)7-9-19)28-26(30)17-29(21-12-10-20(27)11-13-21)35(31,32)22-14-15-24(33-3)25(16-22)34-4/h6-16,23H,5,17H2,1-4H3,(H,28,30)/t23-/m1/s1. The lowest BCUT2D eigenvalue weighted by Gasteiger charge is -2.26. The molecule has 35 heavy (non-hydrogen) atoms. The number of sulfonamides is 1. The molecule has 0 aliphatic heterocycles. The molecule has 0 aromatic heterocycles. The number of nitrogens with one attached hydrogen (secondary N) is 1. The Hall–Kier alpha value is -3.59. The molecule has 0 saturated heterocycles. The molecule has 0 fully saturated rings. The number of amides is 1. The molecule has 1 atom stereocenters. The van der Waals surface area contributed by atoms with Crippen LogP contribution in [0.4, 0.5) is 10.1 Å². The summed E-state index contributed by atoms with van der Waals surface area (Å²) in [6, 6.07) is 16.6. The van der Waals surface area contributed by atoms with Gasteiger partial charge in [-0.25, -0.2) is 12.8 Å². The Balaban J connectivity index is 1.95. The van der Waals surface area contributed by atoms with Gasteiger partial charge in [-0.05, 0) is 55.3 Å². The minimum absolute atomic E-state index is 0.0992. The van der Waals surface area contributed by atoms with E-state index in [1.165, 1.54) is 44.6 Å². The van der Waals surface area contributed by atoms with E-state index in [0.29, 0.717) is 12.2 Å². The van der Waals surface area contributed by atoms with Crippen LogP contribution in [0.1, 0.15) is 30.5 Å². The van der Waals surface area contributed by atoms with Crippen LogP contribution in [0, 0.1) is 12.7 Å². The van der Waals surface area contributed by atoms with Crippen molar-refractivity contribution in [2.24, 2.45) is 0 Å². The van der Waals surface area contributed by atoms with Gasteiger partial charge in [0.05, 0.1) is 30.8 Å². The topological polar surface area (TPSA) is 84.9 Å². The van der Waals surface area contributed by atoms with Crippen molar-refractivity contribution >= 4 is 21.6 Å². The second kappa shape index (κ2) is 11.2. The highest BCUT2D eigenvalue weighted by molar-refractivity contribution is 7.92. The molecule has 9 heteroatoms. The molecule has 0 aliphatic carbocycles. The number of carbonyl (C=O) groups is 1. The van der Waals surface area contributed by atoms with E-state index in [4.69, 9.17) is 9.47 Å². The van der Waals surface area contributed by atoms with Crippen LogP contribution in [0.2, 0.25) is 0 Å². The smallest absolute Gasteiger partial charge is 0.264 e. The van der Waals surface area contributed by atoms with Gasteiger partial charge in [0.1, 0.15) is 12.4 Å². The molecule has 7 nitrogen and oxygen atoms in total. The zero-order valence-corrected chi connectivity index (χ0v) is 20.9. The van der Waals surface area contributed by atoms with Gasteiger partial charge >= 0.3 is 0 Å². The van der Waals surface area contributed by atoms with Crippen LogP contribution in [0.5, 0.6) is 11.5 Å². The van der Waals surface area contributed by atoms with E-state index in [2.05, 4.69) is 5.32 Å². The Kier molecular flexibility index (Phi) is 8.34. The van der Waals surface area contributed by atoms with Gasteiger partial charge in [-0.2, -0.15) is 0 Å². The molecule has 186 valence electrons. The van der Waals surface area contributed by atoms with E-state index in [-0.39, 0.29) is 22.4 Å². The van der Waals surface area contributed by atoms with E-state index < -0.39 is 28.3 Å². The number of anilines is 1. The second-order valence-electron chi connectivity index (χ2n) is 7.94. The molecule has 0 radical (unpaired) electrons. The Morgan fingerprint density at radius 3 is 2.17 bits per heavy atom. The molecule has 0 spiro atoms. The molecule has 1 N–H and O–H groups in total. The largest absolute Gasteiger partial charge is 0.493 e. The van der Waals surface area contributed by atoms with Gasteiger partial charge in [0.2, 0.25) is 5.91 Å². The number of hydrogen-bond acceptors (Lipinski definition) is 5. The number of carbonyl (C=O) groups excluding carboxylic acids is 1. The quantitative estimate of drug-likeness (QED) is 0.439. The van der Waals surface area contributed by atoms with Gasteiger partial charge in [-0.3, -0.25) is 9.10 Å². The van der Waals surface area contributed by atoms with Crippen molar-refractivity contribution in [1.29, 1.82) is 0 Å². The molecule has 0 aliphatic rings. The van der Waals surface area contributed by atoms with Crippen molar-refractivity contribution in [3.05, 3.63) is 83.7 Å². The third-order valence-corrected chi connectivity index (χ3v) is 7.34. The maximum Gasteiger partial charge on any atom is 0.264 e. The molecule has 3 aromatic rings. The number of aryl methyl sites for hydroxylation is 1. The highest BCUT2D eigenvalue weighted by atomic mass is 32.2. The first-order valence-electron chi connectivity index (χ1n) is 11.1. The minimum atomic E-state index is -4.22. The third-order valence-electron chi connectivity index (χ3n) is 5.57. The van der Waals surface area contributed by atoms with Crippen LogP contribution < -0.4 is 19.1 Å². The lowest BCUT2D eigenvalue weighted by atomic mass is 10.0. The zero-order chi connectivity index (χ0) is 25.6. The Bertz CT molecular complexity index is 1260. The summed E-state index contributed by atoms with van der Waals surface area (Å²) in [5.74, 6) is -0.429. The SMILES string of the molecule is CC[C@@H](NC(=O)CN(c1ccc(F)cc1)S(=O)(=O)c1ccc(OC)c(OC)c1)c1ccc(C)cc1. The lowest BCUT2D eigenvalue weighted by molar-refractivity contribution is -0.120. The summed E-state index contributed by atoms with van der Waals surface area (Å²) in [4.78, 5) is 13.0. The minimum Gasteiger partial charge on any atom is -0.493 e. The summed E-state index contributed by atoms with van der Waals surface area (Å²) in [6.45, 7) is 3.41. The third kappa shape index (κ3) is 6.10. The summed E-state index contributed by atoms with van der Waals surface area (Å²) in [6.07, 6.45) is 0.619. The number of halogens is 1. The number of methoxy groups -OCH3 is 2. The fraction of sp³-hybridized carbons (Fsp3) is 0.269. The maximum absolute atomic E-state index is 13.6. The summed E-state index contributed by atoms with van der Waals surface area (Å²) < 4.78 is 52.2. The zero-order valence-electron chi connectivity index (χ0n) is 20.1. The number of ether oxygens (including phenoxy) is 2. The first-order valence-corrected chi connectivity index (χ1v) is 12.5. The molecule has 3 rings (SSSR count). The summed E-state index contributed by atoms with van der Waals surface area (Å²) >= 11 is 0. The highest BCUT2D eigenvalue weighted by Gasteiger charge is 2.29. The summed E-state index contributed by atoms with van der Waals surface area (Å²) in [5.41, 5.74) is 2.17. The first kappa shape index (κ1) is 26.0. The van der Waals surface area contributed by atoms with E-state index in [0.717, 1.165) is 27.6 Å². The van der Waals surface area contributed by atoms with E-state index >= 15 is 0 Å². The van der Waals surface area contributed by atoms with Gasteiger partial charge in [0.15, 0.2) is 11.5 Å². The Morgan fingerprint density at radius 1 is 0.971 bits per heavy atom. The maximum atomic E-state index is 13.6. The number of benzene rings is 3. The molecular formula is C26H29FN2O5S. The average molecular weight is 501 g/mol. The fourth-order valence-electron chi connectivity index (χ4n) is 3.62. The normalized spacial score (nSPS) is 12.0. The Labute approximate surface area is 205 Å². The van der Waals surface area contributed by atoms with E-state index in [1.807, 2.05) is 38.1 Å². The Morgan fingerprint density at radius 2 is 1.60 bits per heavy atom. The highest BCUT2D eigenvalue weighted by Crippen LogP contribution is 2.32. The van der Waals surface area contributed by atoms with E-state index in [1.54, 1.807) is 0 Å². The molecule has 0 bridgehead atoms. The van der Waals surface area contributed by atoms with Crippen molar-refractivity contribution in [2.45, 2.75) is 31.2 Å². The van der Waals surface area contributed by atoms with Crippen molar-refractivity contribution in [2.75, 3.05) is 25.1 Å².